The minimum atomic E-state index is -0.363. The number of nitrogens with zero attached hydrogens (tertiary/aromatic N) is 2. The van der Waals surface area contributed by atoms with Gasteiger partial charge in [0.05, 0.1) is 22.2 Å². The molecule has 7 nitrogen and oxygen atoms in total. The second-order valence-corrected chi connectivity index (χ2v) is 6.67. The molecule has 0 aliphatic heterocycles. The largest absolute Gasteiger partial charge is 0.326 e. The summed E-state index contributed by atoms with van der Waals surface area (Å²) in [6.07, 6.45) is 1.43. The fourth-order valence-corrected chi connectivity index (χ4v) is 3.16. The van der Waals surface area contributed by atoms with Crippen LogP contribution in [0.1, 0.15) is 17.3 Å². The molecule has 0 fully saturated rings. The first-order valence-electron chi connectivity index (χ1n) is 9.28. The van der Waals surface area contributed by atoms with E-state index in [2.05, 4.69) is 15.6 Å². The Balaban J connectivity index is 1.67. The maximum atomic E-state index is 12.9. The van der Waals surface area contributed by atoms with Gasteiger partial charge in [-0.2, -0.15) is 0 Å². The molecular formula is C23H18N4O3. The smallest absolute Gasteiger partial charge is 0.265 e. The van der Waals surface area contributed by atoms with Gasteiger partial charge < -0.3 is 10.6 Å². The molecule has 148 valence electrons. The number of para-hydroxylation sites is 2. The second kappa shape index (κ2) is 8.00. The van der Waals surface area contributed by atoms with Crippen LogP contribution in [-0.2, 0) is 4.79 Å². The van der Waals surface area contributed by atoms with Crippen LogP contribution in [0.3, 0.4) is 0 Å². The van der Waals surface area contributed by atoms with Crippen LogP contribution in [0.4, 0.5) is 11.4 Å². The van der Waals surface area contributed by atoms with Crippen LogP contribution in [0.2, 0.25) is 0 Å². The normalized spacial score (nSPS) is 10.6. The summed E-state index contributed by atoms with van der Waals surface area (Å²) in [5.41, 5.74) is 2.32. The number of aromatic nitrogens is 2. The molecule has 0 radical (unpaired) electrons. The van der Waals surface area contributed by atoms with E-state index in [4.69, 9.17) is 0 Å². The molecule has 4 rings (SSSR count). The first-order chi connectivity index (χ1) is 14.5. The summed E-state index contributed by atoms with van der Waals surface area (Å²) in [6, 6.07) is 20.7. The molecule has 30 heavy (non-hydrogen) atoms. The van der Waals surface area contributed by atoms with Crippen molar-refractivity contribution >= 4 is 34.1 Å². The van der Waals surface area contributed by atoms with E-state index in [-0.39, 0.29) is 17.4 Å². The minimum Gasteiger partial charge on any atom is -0.326 e. The predicted octanol–water partition coefficient (Wildman–Crippen LogP) is 3.60. The average Bonchev–Trinajstić information content (AvgIpc) is 2.75. The van der Waals surface area contributed by atoms with Crippen molar-refractivity contribution in [2.45, 2.75) is 6.92 Å². The second-order valence-electron chi connectivity index (χ2n) is 6.67. The number of carbonyl (C=O) groups excluding carboxylic acids is 2. The number of fused-ring (bicyclic) bond motifs is 1. The Morgan fingerprint density at radius 3 is 2.20 bits per heavy atom. The van der Waals surface area contributed by atoms with Crippen molar-refractivity contribution in [1.29, 1.82) is 0 Å². The van der Waals surface area contributed by atoms with Gasteiger partial charge in [0.2, 0.25) is 5.91 Å². The van der Waals surface area contributed by atoms with Crippen molar-refractivity contribution in [3.05, 3.63) is 95.0 Å². The van der Waals surface area contributed by atoms with E-state index in [0.717, 1.165) is 0 Å². The zero-order chi connectivity index (χ0) is 21.1. The van der Waals surface area contributed by atoms with Crippen LogP contribution < -0.4 is 16.2 Å². The van der Waals surface area contributed by atoms with Gasteiger partial charge in [-0.1, -0.05) is 24.3 Å². The lowest BCUT2D eigenvalue weighted by atomic mass is 10.1. The monoisotopic (exact) mass is 398 g/mol. The molecule has 0 aliphatic rings. The van der Waals surface area contributed by atoms with Gasteiger partial charge in [-0.3, -0.25) is 19.0 Å². The first-order valence-corrected chi connectivity index (χ1v) is 9.28. The van der Waals surface area contributed by atoms with Gasteiger partial charge >= 0.3 is 0 Å². The fourth-order valence-electron chi connectivity index (χ4n) is 3.16. The van der Waals surface area contributed by atoms with Crippen LogP contribution in [0.25, 0.3) is 16.6 Å². The van der Waals surface area contributed by atoms with Gasteiger partial charge in [-0.05, 0) is 48.5 Å². The van der Waals surface area contributed by atoms with Crippen molar-refractivity contribution in [2.24, 2.45) is 0 Å². The molecule has 2 N–H and O–H groups in total. The molecule has 3 aromatic carbocycles. The molecule has 4 aromatic rings. The molecule has 1 aromatic heterocycles. The van der Waals surface area contributed by atoms with Crippen molar-refractivity contribution in [3.63, 3.8) is 0 Å². The molecule has 7 heteroatoms. The Hall–Kier alpha value is -4.26. The number of hydrogen-bond donors (Lipinski definition) is 2. The topological polar surface area (TPSA) is 93.1 Å². The van der Waals surface area contributed by atoms with E-state index in [1.54, 1.807) is 66.7 Å². The van der Waals surface area contributed by atoms with E-state index in [0.29, 0.717) is 33.5 Å². The lowest BCUT2D eigenvalue weighted by Gasteiger charge is -2.13. The third-order valence-corrected chi connectivity index (χ3v) is 4.54. The van der Waals surface area contributed by atoms with Gasteiger partial charge in [-0.25, -0.2) is 4.98 Å². The van der Waals surface area contributed by atoms with E-state index >= 15 is 0 Å². The summed E-state index contributed by atoms with van der Waals surface area (Å²) in [5.74, 6) is -0.534. The van der Waals surface area contributed by atoms with Crippen molar-refractivity contribution in [3.8, 4) is 5.69 Å². The molecular weight excluding hydrogens is 380 g/mol. The van der Waals surface area contributed by atoms with Crippen LogP contribution in [0.15, 0.2) is 83.9 Å². The molecule has 0 saturated heterocycles. The highest BCUT2D eigenvalue weighted by molar-refractivity contribution is 6.07. The number of hydrogen-bond acceptors (Lipinski definition) is 4. The zero-order valence-corrected chi connectivity index (χ0v) is 16.1. The molecule has 0 bridgehead atoms. The van der Waals surface area contributed by atoms with E-state index in [1.165, 1.54) is 17.8 Å². The Morgan fingerprint density at radius 1 is 0.833 bits per heavy atom. The van der Waals surface area contributed by atoms with Crippen LogP contribution in [-0.4, -0.2) is 21.4 Å². The number of carbonyl (C=O) groups is 2. The number of rotatable bonds is 4. The van der Waals surface area contributed by atoms with Gasteiger partial charge in [0.25, 0.3) is 11.5 Å². The predicted molar refractivity (Wildman–Crippen MR) is 116 cm³/mol. The van der Waals surface area contributed by atoms with Gasteiger partial charge in [0.1, 0.15) is 6.33 Å². The van der Waals surface area contributed by atoms with Gasteiger partial charge in [0, 0.05) is 18.3 Å². The molecule has 0 aliphatic carbocycles. The third-order valence-electron chi connectivity index (χ3n) is 4.54. The Kier molecular flexibility index (Phi) is 5.09. The van der Waals surface area contributed by atoms with Crippen LogP contribution in [0, 0.1) is 0 Å². The average molecular weight is 398 g/mol. The third kappa shape index (κ3) is 3.81. The highest BCUT2D eigenvalue weighted by Gasteiger charge is 2.15. The summed E-state index contributed by atoms with van der Waals surface area (Å²) in [6.45, 7) is 1.43. The summed E-state index contributed by atoms with van der Waals surface area (Å²) in [5, 5.41) is 5.97. The molecule has 0 unspecified atom stereocenters. The molecule has 0 atom stereocenters. The van der Waals surface area contributed by atoms with Crippen molar-refractivity contribution in [1.82, 2.24) is 9.55 Å². The van der Waals surface area contributed by atoms with E-state index < -0.39 is 0 Å². The number of benzene rings is 3. The van der Waals surface area contributed by atoms with Crippen LogP contribution in [0.5, 0.6) is 0 Å². The van der Waals surface area contributed by atoms with Crippen molar-refractivity contribution < 1.29 is 9.59 Å². The standard InChI is InChI=1S/C23H18N4O3/c1-15(28)25-16-10-12-17(13-11-16)26-22(29)19-7-3-5-9-21(19)27-14-24-20-8-4-2-6-18(20)23(27)30/h2-14H,1H3,(H,25,28)(H,26,29). The summed E-state index contributed by atoms with van der Waals surface area (Å²) >= 11 is 0. The zero-order valence-electron chi connectivity index (χ0n) is 16.1. The first kappa shape index (κ1) is 19.1. The molecule has 2 amide bonds. The highest BCUT2D eigenvalue weighted by Crippen LogP contribution is 2.18. The van der Waals surface area contributed by atoms with Gasteiger partial charge in [-0.15, -0.1) is 0 Å². The highest BCUT2D eigenvalue weighted by atomic mass is 16.2. The summed E-state index contributed by atoms with van der Waals surface area (Å²) < 4.78 is 1.37. The van der Waals surface area contributed by atoms with Gasteiger partial charge in [0.15, 0.2) is 0 Å². The SMILES string of the molecule is CC(=O)Nc1ccc(NC(=O)c2ccccc2-n2cnc3ccccc3c2=O)cc1. The summed E-state index contributed by atoms with van der Waals surface area (Å²) in [7, 11) is 0. The summed E-state index contributed by atoms with van der Waals surface area (Å²) in [4.78, 5) is 41.3. The molecule has 1 heterocycles. The lowest BCUT2D eigenvalue weighted by Crippen LogP contribution is -2.22. The number of anilines is 2. The maximum absolute atomic E-state index is 12.9. The number of amides is 2. The van der Waals surface area contributed by atoms with E-state index in [9.17, 15) is 14.4 Å². The fraction of sp³-hybridized carbons (Fsp3) is 0.0435. The Morgan fingerprint density at radius 2 is 1.47 bits per heavy atom. The van der Waals surface area contributed by atoms with E-state index in [1.807, 2.05) is 6.07 Å². The number of nitrogens with one attached hydrogen (secondary N) is 2. The molecule has 0 saturated carbocycles. The van der Waals surface area contributed by atoms with Crippen molar-refractivity contribution in [2.75, 3.05) is 10.6 Å². The Labute approximate surface area is 172 Å². The molecule has 0 spiro atoms. The van der Waals surface area contributed by atoms with Crippen LogP contribution >= 0.6 is 0 Å². The maximum Gasteiger partial charge on any atom is 0.265 e. The quantitative estimate of drug-likeness (QED) is 0.549. The Bertz CT molecular complexity index is 1310. The lowest BCUT2D eigenvalue weighted by molar-refractivity contribution is -0.114. The minimum absolute atomic E-state index is 0.171.